The van der Waals surface area contributed by atoms with Crippen LogP contribution in [0.1, 0.15) is 30.4 Å². The highest BCUT2D eigenvalue weighted by molar-refractivity contribution is 5.80. The van der Waals surface area contributed by atoms with Gasteiger partial charge in [0.2, 0.25) is 5.91 Å². The van der Waals surface area contributed by atoms with Crippen LogP contribution in [0.3, 0.4) is 0 Å². The van der Waals surface area contributed by atoms with E-state index in [1.165, 1.54) is 18.4 Å². The highest BCUT2D eigenvalue weighted by atomic mass is 16.2. The Morgan fingerprint density at radius 2 is 1.83 bits per heavy atom. The maximum atomic E-state index is 12.3. The molecule has 3 N–H and O–H groups in total. The van der Waals surface area contributed by atoms with Crippen molar-refractivity contribution < 1.29 is 9.59 Å². The van der Waals surface area contributed by atoms with E-state index in [2.05, 4.69) is 28.4 Å². The van der Waals surface area contributed by atoms with Crippen molar-refractivity contribution in [2.45, 2.75) is 32.4 Å². The van der Waals surface area contributed by atoms with Crippen molar-refractivity contribution in [1.82, 2.24) is 15.1 Å². The van der Waals surface area contributed by atoms with Gasteiger partial charge in [0.25, 0.3) is 0 Å². The molecular formula is C18H26N4O2. The molecule has 0 radical (unpaired) electrons. The van der Waals surface area contributed by atoms with Crippen molar-refractivity contribution in [2.75, 3.05) is 26.2 Å². The molecule has 0 unspecified atom stereocenters. The number of benzene rings is 1. The fourth-order valence-electron chi connectivity index (χ4n) is 3.53. The maximum absolute atomic E-state index is 12.3. The first kappa shape index (κ1) is 16.8. The van der Waals surface area contributed by atoms with Crippen LogP contribution in [0.25, 0.3) is 0 Å². The van der Waals surface area contributed by atoms with Crippen molar-refractivity contribution in [3.63, 3.8) is 0 Å². The van der Waals surface area contributed by atoms with Gasteiger partial charge in [0.05, 0.1) is 5.92 Å². The first-order chi connectivity index (χ1) is 11.6. The number of nitrogens with one attached hydrogen (secondary N) is 1. The molecule has 1 atom stereocenters. The van der Waals surface area contributed by atoms with Crippen LogP contribution in [0.5, 0.6) is 0 Å². The second-order valence-corrected chi connectivity index (χ2v) is 6.74. The molecule has 24 heavy (non-hydrogen) atoms. The third kappa shape index (κ3) is 4.06. The van der Waals surface area contributed by atoms with Crippen LogP contribution in [0.2, 0.25) is 0 Å². The average molecular weight is 330 g/mol. The number of hydrogen-bond acceptors (Lipinski definition) is 3. The Bertz CT molecular complexity index is 598. The lowest BCUT2D eigenvalue weighted by molar-refractivity contribution is -0.121. The predicted molar refractivity (Wildman–Crippen MR) is 92.1 cm³/mol. The third-order valence-corrected chi connectivity index (χ3v) is 5.02. The minimum atomic E-state index is -0.318. The lowest BCUT2D eigenvalue weighted by atomic mass is 10.1. The van der Waals surface area contributed by atoms with E-state index in [9.17, 15) is 9.59 Å². The largest absolute Gasteiger partial charge is 0.369 e. The number of urea groups is 1. The molecule has 0 aromatic heterocycles. The van der Waals surface area contributed by atoms with Crippen molar-refractivity contribution in [2.24, 2.45) is 11.7 Å². The lowest BCUT2D eigenvalue weighted by Crippen LogP contribution is -2.39. The van der Waals surface area contributed by atoms with Crippen molar-refractivity contribution in [3.8, 4) is 0 Å². The number of nitrogens with two attached hydrogens (primary N) is 1. The van der Waals surface area contributed by atoms with Crippen LogP contribution < -0.4 is 11.1 Å². The molecule has 2 saturated heterocycles. The summed E-state index contributed by atoms with van der Waals surface area (Å²) in [6, 6.07) is 8.15. The zero-order valence-electron chi connectivity index (χ0n) is 14.0. The van der Waals surface area contributed by atoms with Crippen molar-refractivity contribution in [1.29, 1.82) is 0 Å². The molecule has 6 heteroatoms. The van der Waals surface area contributed by atoms with E-state index in [1.807, 2.05) is 6.07 Å². The number of carbonyl (C=O) groups excluding carboxylic acids is 2. The summed E-state index contributed by atoms with van der Waals surface area (Å²) in [5.74, 6) is -0.528. The Labute approximate surface area is 143 Å². The van der Waals surface area contributed by atoms with Crippen molar-refractivity contribution in [3.05, 3.63) is 35.4 Å². The second-order valence-electron chi connectivity index (χ2n) is 6.74. The summed E-state index contributed by atoms with van der Waals surface area (Å²) in [7, 11) is 0. The van der Waals surface area contributed by atoms with Gasteiger partial charge in [-0.25, -0.2) is 4.79 Å². The van der Waals surface area contributed by atoms with Crippen LogP contribution in [0, 0.1) is 5.92 Å². The fourth-order valence-corrected chi connectivity index (χ4v) is 3.53. The van der Waals surface area contributed by atoms with E-state index in [1.54, 1.807) is 4.90 Å². The normalized spacial score (nSPS) is 21.2. The SMILES string of the molecule is NC(=O)[C@H]1CCN(C(=O)NCc2ccccc2CN2CCCC2)C1. The molecule has 2 fully saturated rings. The van der Waals surface area contributed by atoms with Gasteiger partial charge in [-0.3, -0.25) is 9.69 Å². The number of carbonyl (C=O) groups is 2. The zero-order valence-corrected chi connectivity index (χ0v) is 14.0. The van der Waals surface area contributed by atoms with Crippen LogP contribution in [-0.2, 0) is 17.9 Å². The minimum absolute atomic E-state index is 0.116. The second kappa shape index (κ2) is 7.66. The monoisotopic (exact) mass is 330 g/mol. The molecule has 0 spiro atoms. The van der Waals surface area contributed by atoms with Gasteiger partial charge in [0.1, 0.15) is 0 Å². The molecule has 2 aliphatic heterocycles. The van der Waals surface area contributed by atoms with E-state index >= 15 is 0 Å². The van der Waals surface area contributed by atoms with Crippen LogP contribution in [0.15, 0.2) is 24.3 Å². The van der Waals surface area contributed by atoms with Gasteiger partial charge < -0.3 is 16.0 Å². The molecule has 2 aliphatic rings. The summed E-state index contributed by atoms with van der Waals surface area (Å²) in [6.07, 6.45) is 3.21. The van der Waals surface area contributed by atoms with E-state index in [4.69, 9.17) is 5.73 Å². The number of rotatable bonds is 5. The third-order valence-electron chi connectivity index (χ3n) is 5.02. The molecule has 130 valence electrons. The number of primary amides is 1. The Balaban J connectivity index is 1.54. The average Bonchev–Trinajstić information content (AvgIpc) is 3.25. The van der Waals surface area contributed by atoms with Crippen molar-refractivity contribution >= 4 is 11.9 Å². The summed E-state index contributed by atoms with van der Waals surface area (Å²) < 4.78 is 0. The molecule has 6 nitrogen and oxygen atoms in total. The molecule has 1 aromatic carbocycles. The van der Waals surface area contributed by atoms with Crippen LogP contribution >= 0.6 is 0 Å². The van der Waals surface area contributed by atoms with E-state index < -0.39 is 0 Å². The molecule has 3 rings (SSSR count). The fraction of sp³-hybridized carbons (Fsp3) is 0.556. The van der Waals surface area contributed by atoms with Gasteiger partial charge in [0.15, 0.2) is 0 Å². The first-order valence-electron chi connectivity index (χ1n) is 8.74. The zero-order chi connectivity index (χ0) is 16.9. The number of likely N-dealkylation sites (tertiary alicyclic amines) is 2. The molecule has 1 aromatic rings. The summed E-state index contributed by atoms with van der Waals surface area (Å²) in [5, 5.41) is 2.98. The van der Waals surface area contributed by atoms with Gasteiger partial charge >= 0.3 is 6.03 Å². The molecule has 3 amide bonds. The summed E-state index contributed by atoms with van der Waals surface area (Å²) in [5.41, 5.74) is 7.75. The van der Waals surface area contributed by atoms with Gasteiger partial charge in [-0.05, 0) is 43.5 Å². The highest BCUT2D eigenvalue weighted by Gasteiger charge is 2.29. The van der Waals surface area contributed by atoms with Crippen LogP contribution in [0.4, 0.5) is 4.79 Å². The smallest absolute Gasteiger partial charge is 0.317 e. The quantitative estimate of drug-likeness (QED) is 0.854. The summed E-state index contributed by atoms with van der Waals surface area (Å²) in [6.45, 7) is 4.79. The summed E-state index contributed by atoms with van der Waals surface area (Å²) >= 11 is 0. The predicted octanol–water partition coefficient (Wildman–Crippen LogP) is 1.30. The van der Waals surface area contributed by atoms with E-state index in [0.29, 0.717) is 26.1 Å². The Kier molecular flexibility index (Phi) is 5.35. The lowest BCUT2D eigenvalue weighted by Gasteiger charge is -2.20. The topological polar surface area (TPSA) is 78.7 Å². The van der Waals surface area contributed by atoms with E-state index in [0.717, 1.165) is 25.2 Å². The molecule has 0 aliphatic carbocycles. The minimum Gasteiger partial charge on any atom is -0.369 e. The highest BCUT2D eigenvalue weighted by Crippen LogP contribution is 2.18. The van der Waals surface area contributed by atoms with Gasteiger partial charge in [0, 0.05) is 26.2 Å². The Morgan fingerprint density at radius 1 is 1.12 bits per heavy atom. The molecule has 0 bridgehead atoms. The summed E-state index contributed by atoms with van der Waals surface area (Å²) in [4.78, 5) is 27.6. The first-order valence-corrected chi connectivity index (χ1v) is 8.74. The molecular weight excluding hydrogens is 304 g/mol. The standard InChI is InChI=1S/C18H26N4O2/c19-17(23)16-7-10-22(13-16)18(24)20-11-14-5-1-2-6-15(14)12-21-8-3-4-9-21/h1-2,5-6,16H,3-4,7-13H2,(H2,19,23)(H,20,24)/t16-/m0/s1. The van der Waals surface area contributed by atoms with E-state index in [-0.39, 0.29) is 17.9 Å². The molecule has 2 heterocycles. The Morgan fingerprint density at radius 3 is 2.50 bits per heavy atom. The number of hydrogen-bond donors (Lipinski definition) is 2. The number of nitrogens with zero attached hydrogens (tertiary/aromatic N) is 2. The van der Waals surface area contributed by atoms with Gasteiger partial charge in [-0.15, -0.1) is 0 Å². The maximum Gasteiger partial charge on any atom is 0.317 e. The van der Waals surface area contributed by atoms with Crippen LogP contribution in [-0.4, -0.2) is 47.9 Å². The van der Waals surface area contributed by atoms with Gasteiger partial charge in [-0.1, -0.05) is 24.3 Å². The number of amides is 3. The van der Waals surface area contributed by atoms with Gasteiger partial charge in [-0.2, -0.15) is 0 Å². The Hall–Kier alpha value is -2.08. The molecule has 0 saturated carbocycles.